The van der Waals surface area contributed by atoms with E-state index in [0.29, 0.717) is 22.4 Å². The summed E-state index contributed by atoms with van der Waals surface area (Å²) in [5.41, 5.74) is 6.78. The lowest BCUT2D eigenvalue weighted by Gasteiger charge is -2.06. The molecule has 1 N–H and O–H groups in total. The average molecular weight is 477 g/mol. The number of hydrogen-bond donors (Lipinski definition) is 1. The minimum Gasteiger partial charge on any atom is -0.351 e. The van der Waals surface area contributed by atoms with Gasteiger partial charge >= 0.3 is 0 Å². The lowest BCUT2D eigenvalue weighted by Crippen LogP contribution is -2.24. The van der Waals surface area contributed by atoms with Crippen molar-refractivity contribution in [3.8, 4) is 11.3 Å². The summed E-state index contributed by atoms with van der Waals surface area (Å²) in [6, 6.07) is 15.8. The third-order valence-corrected chi connectivity index (χ3v) is 6.73. The van der Waals surface area contributed by atoms with Crippen LogP contribution in [0.3, 0.4) is 0 Å². The predicted octanol–water partition coefficient (Wildman–Crippen LogP) is 4.72. The van der Waals surface area contributed by atoms with E-state index in [-0.39, 0.29) is 11.7 Å². The van der Waals surface area contributed by atoms with Crippen molar-refractivity contribution in [2.45, 2.75) is 25.5 Å². The summed E-state index contributed by atoms with van der Waals surface area (Å²) in [5.74, 6) is 0.128. The average Bonchev–Trinajstić information content (AvgIpc) is 3.42. The second-order valence-corrected chi connectivity index (χ2v) is 9.16. The number of aromatic nitrogens is 5. The first kappa shape index (κ1) is 21.5. The molecule has 0 saturated heterocycles. The summed E-state index contributed by atoms with van der Waals surface area (Å²) < 4.78 is 3.70. The van der Waals surface area contributed by atoms with Gasteiger partial charge in [0.25, 0.3) is 0 Å². The number of halogens is 1. The van der Waals surface area contributed by atoms with E-state index in [2.05, 4.69) is 47.6 Å². The third-order valence-electron chi connectivity index (χ3n) is 5.42. The molecule has 5 rings (SSSR count). The van der Waals surface area contributed by atoms with Crippen molar-refractivity contribution in [1.82, 2.24) is 29.5 Å². The van der Waals surface area contributed by atoms with Crippen molar-refractivity contribution < 1.29 is 4.79 Å². The highest BCUT2D eigenvalue weighted by Gasteiger charge is 2.15. The second-order valence-electron chi connectivity index (χ2n) is 7.81. The van der Waals surface area contributed by atoms with Gasteiger partial charge in [0.15, 0.2) is 10.8 Å². The molecule has 0 aliphatic rings. The lowest BCUT2D eigenvalue weighted by atomic mass is 10.0. The van der Waals surface area contributed by atoms with Crippen LogP contribution in [0.25, 0.3) is 22.4 Å². The molecule has 3 aromatic heterocycles. The standard InChI is InChI=1S/C24H21ClN6OS/c1-15-7-8-16(2)18(11-15)20-12-21-23-27-28-24(30(23)9-10-31(21)29-20)33-14-22(32)26-13-17-5-3-4-6-19(17)25/h3-12H,13-14H2,1-2H3,(H,26,32). The fourth-order valence-corrected chi connectivity index (χ4v) is 4.60. The topological polar surface area (TPSA) is 76.6 Å². The van der Waals surface area contributed by atoms with Gasteiger partial charge < -0.3 is 5.32 Å². The number of aryl methyl sites for hydroxylation is 2. The fraction of sp³-hybridized carbons (Fsp3) is 0.167. The van der Waals surface area contributed by atoms with Gasteiger partial charge in [-0.3, -0.25) is 9.20 Å². The molecule has 7 nitrogen and oxygen atoms in total. The number of nitrogens with zero attached hydrogens (tertiary/aromatic N) is 5. The molecule has 0 aliphatic heterocycles. The van der Waals surface area contributed by atoms with Gasteiger partial charge in [-0.05, 0) is 43.2 Å². The van der Waals surface area contributed by atoms with Crippen LogP contribution in [0.1, 0.15) is 16.7 Å². The Bertz CT molecular complexity index is 1490. The fourth-order valence-electron chi connectivity index (χ4n) is 3.65. The molecule has 1 amide bonds. The Labute approximate surface area is 199 Å². The van der Waals surface area contributed by atoms with Crippen molar-refractivity contribution >= 4 is 40.4 Å². The molecule has 0 aliphatic carbocycles. The molecular formula is C24H21ClN6OS. The van der Waals surface area contributed by atoms with Crippen LogP contribution >= 0.6 is 23.4 Å². The smallest absolute Gasteiger partial charge is 0.230 e. The molecule has 0 radical (unpaired) electrons. The zero-order valence-corrected chi connectivity index (χ0v) is 19.7. The van der Waals surface area contributed by atoms with Crippen LogP contribution in [0.5, 0.6) is 0 Å². The Balaban J connectivity index is 1.34. The highest BCUT2D eigenvalue weighted by molar-refractivity contribution is 7.99. The molecule has 33 heavy (non-hydrogen) atoms. The predicted molar refractivity (Wildman–Crippen MR) is 131 cm³/mol. The molecular weight excluding hydrogens is 456 g/mol. The van der Waals surface area contributed by atoms with E-state index in [1.54, 1.807) is 0 Å². The van der Waals surface area contributed by atoms with Crippen molar-refractivity contribution in [1.29, 1.82) is 0 Å². The van der Waals surface area contributed by atoms with Crippen LogP contribution in [-0.2, 0) is 11.3 Å². The molecule has 0 fully saturated rings. The first-order valence-electron chi connectivity index (χ1n) is 10.4. The summed E-state index contributed by atoms with van der Waals surface area (Å²) >= 11 is 7.49. The number of carbonyl (C=O) groups is 1. The zero-order chi connectivity index (χ0) is 22.9. The zero-order valence-electron chi connectivity index (χ0n) is 18.1. The van der Waals surface area contributed by atoms with Crippen LogP contribution < -0.4 is 5.32 Å². The maximum absolute atomic E-state index is 12.3. The van der Waals surface area contributed by atoms with E-state index in [9.17, 15) is 4.79 Å². The molecule has 0 saturated carbocycles. The molecule has 0 atom stereocenters. The summed E-state index contributed by atoms with van der Waals surface area (Å²) in [7, 11) is 0. The van der Waals surface area contributed by atoms with Gasteiger partial charge in [0, 0.05) is 29.5 Å². The Morgan fingerprint density at radius 2 is 1.94 bits per heavy atom. The number of benzene rings is 2. The van der Waals surface area contributed by atoms with Crippen LogP contribution in [0.2, 0.25) is 5.02 Å². The highest BCUT2D eigenvalue weighted by Crippen LogP contribution is 2.27. The van der Waals surface area contributed by atoms with E-state index in [0.717, 1.165) is 22.3 Å². The molecule has 0 spiro atoms. The Morgan fingerprint density at radius 1 is 1.09 bits per heavy atom. The van der Waals surface area contributed by atoms with Gasteiger partial charge in [-0.1, -0.05) is 59.3 Å². The van der Waals surface area contributed by atoms with Crippen molar-refractivity contribution in [3.63, 3.8) is 0 Å². The maximum Gasteiger partial charge on any atom is 0.230 e. The summed E-state index contributed by atoms with van der Waals surface area (Å²) in [5, 5.41) is 17.6. The number of rotatable bonds is 6. The number of amides is 1. The van der Waals surface area contributed by atoms with Gasteiger partial charge in [-0.25, -0.2) is 4.52 Å². The first-order valence-corrected chi connectivity index (χ1v) is 11.8. The molecule has 0 unspecified atom stereocenters. The Morgan fingerprint density at radius 3 is 2.79 bits per heavy atom. The van der Waals surface area contributed by atoms with E-state index >= 15 is 0 Å². The minimum absolute atomic E-state index is 0.0979. The summed E-state index contributed by atoms with van der Waals surface area (Å²) in [6.45, 7) is 4.54. The second kappa shape index (κ2) is 8.88. The molecule has 3 heterocycles. The third kappa shape index (κ3) is 4.31. The SMILES string of the molecule is Cc1ccc(C)c(-c2cc3c4nnc(SCC(=O)NCc5ccccc5Cl)n4ccn3n2)c1. The van der Waals surface area contributed by atoms with Gasteiger partial charge in [-0.2, -0.15) is 5.10 Å². The van der Waals surface area contributed by atoms with Gasteiger partial charge in [0.1, 0.15) is 5.52 Å². The molecule has 9 heteroatoms. The Hall–Kier alpha value is -3.36. The van der Waals surface area contributed by atoms with Crippen LogP contribution in [0, 0.1) is 13.8 Å². The van der Waals surface area contributed by atoms with E-state index in [1.807, 2.05) is 51.6 Å². The molecule has 166 valence electrons. The number of fused-ring (bicyclic) bond motifs is 3. The van der Waals surface area contributed by atoms with E-state index < -0.39 is 0 Å². The molecule has 2 aromatic carbocycles. The minimum atomic E-state index is -0.0979. The number of hydrogen-bond acceptors (Lipinski definition) is 5. The summed E-state index contributed by atoms with van der Waals surface area (Å²) in [4.78, 5) is 12.3. The van der Waals surface area contributed by atoms with E-state index in [4.69, 9.17) is 16.7 Å². The van der Waals surface area contributed by atoms with Crippen LogP contribution in [0.15, 0.2) is 66.1 Å². The quantitative estimate of drug-likeness (QED) is 0.359. The number of nitrogens with one attached hydrogen (secondary N) is 1. The maximum atomic E-state index is 12.3. The van der Waals surface area contributed by atoms with Gasteiger partial charge in [0.2, 0.25) is 5.91 Å². The number of carbonyl (C=O) groups excluding carboxylic acids is 1. The molecule has 5 aromatic rings. The van der Waals surface area contributed by atoms with Crippen molar-refractivity contribution in [2.75, 3.05) is 5.75 Å². The van der Waals surface area contributed by atoms with Crippen molar-refractivity contribution in [3.05, 3.63) is 82.6 Å². The van der Waals surface area contributed by atoms with Gasteiger partial charge in [-0.15, -0.1) is 10.2 Å². The molecule has 0 bridgehead atoms. The summed E-state index contributed by atoms with van der Waals surface area (Å²) in [6.07, 6.45) is 3.74. The first-order chi connectivity index (χ1) is 16.0. The Kier molecular flexibility index (Phi) is 5.78. The van der Waals surface area contributed by atoms with Crippen molar-refractivity contribution in [2.24, 2.45) is 0 Å². The lowest BCUT2D eigenvalue weighted by molar-refractivity contribution is -0.118. The monoisotopic (exact) mass is 476 g/mol. The van der Waals surface area contributed by atoms with Crippen LogP contribution in [-0.4, -0.2) is 35.9 Å². The van der Waals surface area contributed by atoms with Crippen LogP contribution in [0.4, 0.5) is 0 Å². The number of thioether (sulfide) groups is 1. The normalized spacial score (nSPS) is 11.4. The van der Waals surface area contributed by atoms with E-state index in [1.165, 1.54) is 22.9 Å². The largest absolute Gasteiger partial charge is 0.351 e. The van der Waals surface area contributed by atoms with Gasteiger partial charge in [0.05, 0.1) is 11.4 Å². The highest BCUT2D eigenvalue weighted by atomic mass is 35.5.